The average Bonchev–Trinajstić information content (AvgIpc) is 2.87. The summed E-state index contributed by atoms with van der Waals surface area (Å²) in [4.78, 5) is 39.5. The number of esters is 1. The van der Waals surface area contributed by atoms with Gasteiger partial charge in [-0.1, -0.05) is 23.7 Å². The van der Waals surface area contributed by atoms with E-state index in [1.807, 2.05) is 10.6 Å². The molecule has 0 unspecified atom stereocenters. The molecule has 1 saturated heterocycles. The molecule has 4 heterocycles. The summed E-state index contributed by atoms with van der Waals surface area (Å²) in [5.74, 6) is -1.40. The Balaban J connectivity index is 1.46. The lowest BCUT2D eigenvalue weighted by Gasteiger charge is -2.42. The molecule has 0 saturated carbocycles. The van der Waals surface area contributed by atoms with Crippen LogP contribution in [0.25, 0.3) is 0 Å². The molecule has 1 aromatic carbocycles. The lowest BCUT2D eigenvalue weighted by atomic mass is 9.83. The molecule has 0 spiro atoms. The maximum absolute atomic E-state index is 12.8. The number of phenolic OH excluding ortho intramolecular Hbond substituents is 1. The second kappa shape index (κ2) is 10.1. The Bertz CT molecular complexity index is 1460. The minimum absolute atomic E-state index is 0.0146. The van der Waals surface area contributed by atoms with Crippen LogP contribution in [0.15, 0.2) is 56.5 Å². The predicted molar refractivity (Wildman–Crippen MR) is 135 cm³/mol. The van der Waals surface area contributed by atoms with Gasteiger partial charge in [0.05, 0.1) is 31.0 Å². The Hall–Kier alpha value is -3.56. The lowest BCUT2D eigenvalue weighted by molar-refractivity contribution is -0.140. The first-order valence-corrected chi connectivity index (χ1v) is 12.4. The number of aromatic hydroxyl groups is 2. The first-order chi connectivity index (χ1) is 17.7. The smallest absolute Gasteiger partial charge is 0.306 e. The number of rotatable bonds is 6. The fraction of sp³-hybridized carbons (Fsp3) is 0.370. The summed E-state index contributed by atoms with van der Waals surface area (Å²) in [6, 6.07) is 11.0. The molecule has 2 bridgehead atoms. The largest absolute Gasteiger partial charge is 0.506 e. The number of carbonyl (C=O) groups excluding carboxylic acids is 1. The normalized spacial score (nSPS) is 19.7. The summed E-state index contributed by atoms with van der Waals surface area (Å²) in [7, 11) is 1.25. The predicted octanol–water partition coefficient (Wildman–Crippen LogP) is 3.18. The standard InChI is InChI=1S/C27H27ClN2O7/c1-36-25(34)10-19(16-5-6-22(31)20(28)8-16)27-26(35)23(32)9-18(37-27)14-29-11-15-7-17(13-29)21-3-2-4-24(33)30(21)12-15/h2-6,8-9,15,17,19,31,35H,7,10-14H2,1H3/t15-,17+,19+/m0/s1. The maximum atomic E-state index is 12.8. The molecule has 2 N–H and O–H groups in total. The molecular weight excluding hydrogens is 500 g/mol. The number of carbonyl (C=O) groups is 1. The van der Waals surface area contributed by atoms with Crippen LogP contribution in [0.3, 0.4) is 0 Å². The molecule has 5 rings (SSSR count). The summed E-state index contributed by atoms with van der Waals surface area (Å²) < 4.78 is 12.8. The molecule has 3 aromatic rings. The molecule has 37 heavy (non-hydrogen) atoms. The molecule has 0 radical (unpaired) electrons. The number of pyridine rings is 1. The number of ether oxygens (including phenoxy) is 1. The molecule has 2 aromatic heterocycles. The van der Waals surface area contributed by atoms with Crippen molar-refractivity contribution < 1.29 is 24.2 Å². The summed E-state index contributed by atoms with van der Waals surface area (Å²) >= 11 is 6.09. The first kappa shape index (κ1) is 25.1. The summed E-state index contributed by atoms with van der Waals surface area (Å²) in [5, 5.41) is 20.5. The number of fused-ring (bicyclic) bond motifs is 4. The van der Waals surface area contributed by atoms with Crippen LogP contribution < -0.4 is 11.0 Å². The zero-order valence-electron chi connectivity index (χ0n) is 20.2. The number of piperidine rings is 1. The van der Waals surface area contributed by atoms with Gasteiger partial charge in [0.25, 0.3) is 5.56 Å². The van der Waals surface area contributed by atoms with Crippen LogP contribution in [0.1, 0.15) is 47.5 Å². The monoisotopic (exact) mass is 526 g/mol. The van der Waals surface area contributed by atoms with Crippen LogP contribution in [0.4, 0.5) is 0 Å². The molecule has 194 valence electrons. The van der Waals surface area contributed by atoms with E-state index in [1.165, 1.54) is 25.3 Å². The Kier molecular flexibility index (Phi) is 6.83. The Morgan fingerprint density at radius 1 is 1.16 bits per heavy atom. The molecule has 2 aliphatic rings. The topological polar surface area (TPSA) is 122 Å². The number of benzene rings is 1. The molecule has 1 fully saturated rings. The summed E-state index contributed by atoms with van der Waals surface area (Å²) in [6.07, 6.45) is 0.782. The van der Waals surface area contributed by atoms with Gasteiger partial charge in [0.1, 0.15) is 11.5 Å². The number of phenols is 1. The van der Waals surface area contributed by atoms with Crippen molar-refractivity contribution in [2.45, 2.75) is 37.8 Å². The highest BCUT2D eigenvalue weighted by Crippen LogP contribution is 2.38. The van der Waals surface area contributed by atoms with Gasteiger partial charge in [0.15, 0.2) is 5.76 Å². The third-order valence-corrected chi connectivity index (χ3v) is 7.53. The number of nitrogens with zero attached hydrogens (tertiary/aromatic N) is 2. The van der Waals surface area contributed by atoms with Gasteiger partial charge in [-0.3, -0.25) is 19.3 Å². The van der Waals surface area contributed by atoms with E-state index >= 15 is 0 Å². The number of hydrogen-bond acceptors (Lipinski definition) is 8. The van der Waals surface area contributed by atoms with Gasteiger partial charge in [0, 0.05) is 43.4 Å². The van der Waals surface area contributed by atoms with Gasteiger partial charge in [-0.05, 0) is 36.1 Å². The minimum atomic E-state index is -0.863. The highest BCUT2D eigenvalue weighted by molar-refractivity contribution is 6.32. The summed E-state index contributed by atoms with van der Waals surface area (Å²) in [6.45, 7) is 2.40. The van der Waals surface area contributed by atoms with Gasteiger partial charge in [-0.15, -0.1) is 0 Å². The second-order valence-electron chi connectivity index (χ2n) is 9.73. The number of likely N-dealkylation sites (tertiary alicyclic amines) is 1. The average molecular weight is 527 g/mol. The molecule has 3 atom stereocenters. The van der Waals surface area contributed by atoms with E-state index in [0.717, 1.165) is 18.7 Å². The zero-order chi connectivity index (χ0) is 26.3. The molecule has 9 nitrogen and oxygen atoms in total. The van der Waals surface area contributed by atoms with Crippen LogP contribution >= 0.6 is 11.6 Å². The van der Waals surface area contributed by atoms with Gasteiger partial charge in [0.2, 0.25) is 11.2 Å². The van der Waals surface area contributed by atoms with E-state index in [1.54, 1.807) is 18.2 Å². The van der Waals surface area contributed by atoms with Crippen molar-refractivity contribution in [3.8, 4) is 11.5 Å². The number of hydrogen-bond donors (Lipinski definition) is 2. The maximum Gasteiger partial charge on any atom is 0.306 e. The van der Waals surface area contributed by atoms with Crippen LogP contribution in [-0.4, -0.2) is 45.8 Å². The number of halogens is 1. The van der Waals surface area contributed by atoms with Crippen molar-refractivity contribution in [1.82, 2.24) is 9.47 Å². The molecule has 0 aliphatic carbocycles. The number of methoxy groups -OCH3 is 1. The van der Waals surface area contributed by atoms with E-state index in [9.17, 15) is 24.6 Å². The second-order valence-corrected chi connectivity index (χ2v) is 10.1. The van der Waals surface area contributed by atoms with Crippen molar-refractivity contribution >= 4 is 17.6 Å². The van der Waals surface area contributed by atoms with Crippen LogP contribution in [0.2, 0.25) is 5.02 Å². The van der Waals surface area contributed by atoms with Crippen LogP contribution in [-0.2, 0) is 22.6 Å². The fourth-order valence-corrected chi connectivity index (χ4v) is 5.76. The highest BCUT2D eigenvalue weighted by Gasteiger charge is 2.35. The Morgan fingerprint density at radius 3 is 2.73 bits per heavy atom. The first-order valence-electron chi connectivity index (χ1n) is 12.1. The van der Waals surface area contributed by atoms with Gasteiger partial charge >= 0.3 is 5.97 Å². The third-order valence-electron chi connectivity index (χ3n) is 7.22. The van der Waals surface area contributed by atoms with Crippen molar-refractivity contribution in [3.05, 3.63) is 90.8 Å². The van der Waals surface area contributed by atoms with Gasteiger partial charge in [-0.2, -0.15) is 0 Å². The van der Waals surface area contributed by atoms with Crippen molar-refractivity contribution in [3.63, 3.8) is 0 Å². The van der Waals surface area contributed by atoms with E-state index in [2.05, 4.69) is 4.90 Å². The summed E-state index contributed by atoms with van der Waals surface area (Å²) in [5.41, 5.74) is 0.882. The van der Waals surface area contributed by atoms with Gasteiger partial charge in [-0.25, -0.2) is 0 Å². The van der Waals surface area contributed by atoms with Crippen LogP contribution in [0, 0.1) is 5.92 Å². The van der Waals surface area contributed by atoms with E-state index in [0.29, 0.717) is 36.9 Å². The Morgan fingerprint density at radius 2 is 1.97 bits per heavy atom. The van der Waals surface area contributed by atoms with E-state index < -0.39 is 23.1 Å². The quantitative estimate of drug-likeness (QED) is 0.470. The minimum Gasteiger partial charge on any atom is -0.506 e. The molecular formula is C27H27ClN2O7. The number of aromatic nitrogens is 1. The van der Waals surface area contributed by atoms with E-state index in [4.69, 9.17) is 20.8 Å². The van der Waals surface area contributed by atoms with Crippen molar-refractivity contribution in [1.29, 1.82) is 0 Å². The molecule has 0 amide bonds. The lowest BCUT2D eigenvalue weighted by Crippen LogP contribution is -2.46. The third kappa shape index (κ3) is 5.01. The molecule has 10 heteroatoms. The fourth-order valence-electron chi connectivity index (χ4n) is 5.57. The zero-order valence-corrected chi connectivity index (χ0v) is 21.0. The van der Waals surface area contributed by atoms with Gasteiger partial charge < -0.3 is 23.9 Å². The SMILES string of the molecule is COC(=O)C[C@H](c1ccc(O)c(Cl)c1)c1oc(CN2C[C@@H]3C[C@H](C2)c2cccc(=O)n2C3)cc(=O)c1O. The molecule has 2 aliphatic heterocycles. The Labute approximate surface area is 217 Å². The van der Waals surface area contributed by atoms with Crippen molar-refractivity contribution in [2.75, 3.05) is 20.2 Å². The van der Waals surface area contributed by atoms with Crippen LogP contribution in [0.5, 0.6) is 11.5 Å². The van der Waals surface area contributed by atoms with Crippen molar-refractivity contribution in [2.24, 2.45) is 5.92 Å². The highest BCUT2D eigenvalue weighted by atomic mass is 35.5. The van der Waals surface area contributed by atoms with E-state index in [-0.39, 0.29) is 34.4 Å².